The molecule has 2 heterocycles. The summed E-state index contributed by atoms with van der Waals surface area (Å²) in [6.45, 7) is 7.71. The average molecular weight is 255 g/mol. The van der Waals surface area contributed by atoms with Gasteiger partial charge in [-0.05, 0) is 18.4 Å². The number of aromatic nitrogens is 2. The molecule has 19 heavy (non-hydrogen) atoms. The molecule has 0 fully saturated rings. The molecule has 1 N–H and O–H groups in total. The lowest BCUT2D eigenvalue weighted by Crippen LogP contribution is -2.33. The lowest BCUT2D eigenvalue weighted by Gasteiger charge is -2.29. The average Bonchev–Trinajstić information content (AvgIpc) is 2.81. The summed E-state index contributed by atoms with van der Waals surface area (Å²) in [5.74, 6) is 0.579. The van der Waals surface area contributed by atoms with E-state index in [-0.39, 0.29) is 0 Å². The first-order valence-corrected chi connectivity index (χ1v) is 7.04. The maximum Gasteiger partial charge on any atom is 0.0682 e. The van der Waals surface area contributed by atoms with Crippen LogP contribution in [-0.2, 0) is 13.0 Å². The van der Waals surface area contributed by atoms with E-state index in [1.54, 1.807) is 0 Å². The highest BCUT2D eigenvalue weighted by molar-refractivity contribution is 5.27. The molecule has 0 spiro atoms. The Morgan fingerprint density at radius 3 is 2.89 bits per heavy atom. The van der Waals surface area contributed by atoms with Crippen molar-refractivity contribution < 1.29 is 0 Å². The number of benzene rings is 1. The molecule has 1 aliphatic rings. The van der Waals surface area contributed by atoms with Crippen molar-refractivity contribution >= 4 is 0 Å². The first-order valence-electron chi connectivity index (χ1n) is 7.04. The van der Waals surface area contributed by atoms with E-state index in [0.29, 0.717) is 5.92 Å². The van der Waals surface area contributed by atoms with E-state index < -0.39 is 0 Å². The summed E-state index contributed by atoms with van der Waals surface area (Å²) in [7, 11) is 0. The van der Waals surface area contributed by atoms with Gasteiger partial charge < -0.3 is 0 Å². The molecule has 0 amide bonds. The zero-order valence-electron chi connectivity index (χ0n) is 11.7. The van der Waals surface area contributed by atoms with Gasteiger partial charge in [-0.3, -0.25) is 10.00 Å². The minimum atomic E-state index is 0.579. The summed E-state index contributed by atoms with van der Waals surface area (Å²) in [6, 6.07) is 10.8. The molecule has 1 unspecified atom stereocenters. The maximum absolute atomic E-state index is 4.38. The van der Waals surface area contributed by atoms with Gasteiger partial charge in [-0.25, -0.2) is 0 Å². The summed E-state index contributed by atoms with van der Waals surface area (Å²) in [4.78, 5) is 2.54. The number of aryl methyl sites for hydroxylation is 1. The largest absolute Gasteiger partial charge is 0.298 e. The van der Waals surface area contributed by atoms with E-state index in [1.165, 1.54) is 22.5 Å². The monoisotopic (exact) mass is 255 g/mol. The zero-order chi connectivity index (χ0) is 13.2. The fourth-order valence-electron chi connectivity index (χ4n) is 2.92. The number of hydrogen-bond donors (Lipinski definition) is 1. The topological polar surface area (TPSA) is 31.9 Å². The Hall–Kier alpha value is -1.61. The highest BCUT2D eigenvalue weighted by atomic mass is 15.2. The molecule has 3 rings (SSSR count). The van der Waals surface area contributed by atoms with Gasteiger partial charge in [0.2, 0.25) is 0 Å². The summed E-state index contributed by atoms with van der Waals surface area (Å²) in [5.41, 5.74) is 5.33. The van der Waals surface area contributed by atoms with Crippen molar-refractivity contribution in [2.45, 2.75) is 32.7 Å². The van der Waals surface area contributed by atoms with Gasteiger partial charge in [0.25, 0.3) is 0 Å². The number of rotatable bonds is 3. The van der Waals surface area contributed by atoms with Crippen LogP contribution in [0.5, 0.6) is 0 Å². The van der Waals surface area contributed by atoms with Crippen LogP contribution in [0.2, 0.25) is 0 Å². The van der Waals surface area contributed by atoms with E-state index >= 15 is 0 Å². The number of aromatic amines is 1. The summed E-state index contributed by atoms with van der Waals surface area (Å²) in [5, 5.41) is 7.48. The predicted molar refractivity (Wildman–Crippen MR) is 77.2 cm³/mol. The molecule has 3 nitrogen and oxygen atoms in total. The zero-order valence-corrected chi connectivity index (χ0v) is 11.7. The van der Waals surface area contributed by atoms with Crippen molar-refractivity contribution in [3.05, 3.63) is 52.8 Å². The molecule has 0 radical (unpaired) electrons. The Bertz CT molecular complexity index is 544. The molecule has 100 valence electrons. The normalized spacial score (nSPS) is 17.2. The molecule has 0 aliphatic carbocycles. The van der Waals surface area contributed by atoms with Crippen LogP contribution in [-0.4, -0.2) is 28.2 Å². The van der Waals surface area contributed by atoms with Crippen LogP contribution >= 0.6 is 0 Å². The van der Waals surface area contributed by atoms with Crippen molar-refractivity contribution in [3.8, 4) is 0 Å². The van der Waals surface area contributed by atoms with Crippen molar-refractivity contribution in [1.82, 2.24) is 15.1 Å². The molecule has 1 atom stereocenters. The molecule has 0 bridgehead atoms. The second kappa shape index (κ2) is 5.17. The third kappa shape index (κ3) is 2.56. The van der Waals surface area contributed by atoms with E-state index in [0.717, 1.165) is 26.1 Å². The molecular weight excluding hydrogens is 234 g/mol. The second-order valence-electron chi connectivity index (χ2n) is 5.57. The Kier molecular flexibility index (Phi) is 3.38. The van der Waals surface area contributed by atoms with Gasteiger partial charge in [0.1, 0.15) is 0 Å². The molecule has 0 saturated carbocycles. The van der Waals surface area contributed by atoms with E-state index in [1.807, 2.05) is 0 Å². The number of nitrogens with zero attached hydrogens (tertiary/aromatic N) is 2. The number of nitrogens with one attached hydrogen (secondary N) is 1. The highest BCUT2D eigenvalue weighted by Gasteiger charge is 2.21. The minimum absolute atomic E-state index is 0.579. The van der Waals surface area contributed by atoms with Crippen LogP contribution in [0.4, 0.5) is 0 Å². The molecule has 3 heteroatoms. The Labute approximate surface area is 114 Å². The van der Waals surface area contributed by atoms with Crippen LogP contribution in [0.25, 0.3) is 0 Å². The van der Waals surface area contributed by atoms with Gasteiger partial charge in [0.05, 0.1) is 5.69 Å². The lowest BCUT2D eigenvalue weighted by molar-refractivity contribution is 0.240. The van der Waals surface area contributed by atoms with Crippen LogP contribution in [0.15, 0.2) is 30.3 Å². The van der Waals surface area contributed by atoms with Crippen molar-refractivity contribution in [2.75, 3.05) is 13.1 Å². The molecule has 1 aliphatic heterocycles. The van der Waals surface area contributed by atoms with Gasteiger partial charge in [-0.2, -0.15) is 5.10 Å². The third-order valence-corrected chi connectivity index (χ3v) is 4.11. The van der Waals surface area contributed by atoms with Gasteiger partial charge in [-0.1, -0.05) is 37.3 Å². The number of hydrogen-bond acceptors (Lipinski definition) is 2. The van der Waals surface area contributed by atoms with E-state index in [9.17, 15) is 0 Å². The smallest absolute Gasteiger partial charge is 0.0682 e. The summed E-state index contributed by atoms with van der Waals surface area (Å²) < 4.78 is 0. The Morgan fingerprint density at radius 2 is 2.11 bits per heavy atom. The number of H-pyrrole nitrogens is 1. The SMILES string of the molecule is Cc1[nH]nc2c1CN(CC(C)c1ccccc1)CC2. The van der Waals surface area contributed by atoms with Crippen molar-refractivity contribution in [2.24, 2.45) is 0 Å². The highest BCUT2D eigenvalue weighted by Crippen LogP contribution is 2.23. The third-order valence-electron chi connectivity index (χ3n) is 4.11. The van der Waals surface area contributed by atoms with Gasteiger partial charge in [-0.15, -0.1) is 0 Å². The van der Waals surface area contributed by atoms with E-state index in [4.69, 9.17) is 0 Å². The molecule has 1 aromatic heterocycles. The Morgan fingerprint density at radius 1 is 1.32 bits per heavy atom. The standard InChI is InChI=1S/C16H21N3/c1-12(14-6-4-3-5-7-14)10-19-9-8-16-15(11-19)13(2)17-18-16/h3-7,12H,8-11H2,1-2H3,(H,17,18). The molecule has 0 saturated heterocycles. The lowest BCUT2D eigenvalue weighted by atomic mass is 9.98. The Balaban J connectivity index is 1.68. The van der Waals surface area contributed by atoms with Crippen molar-refractivity contribution in [1.29, 1.82) is 0 Å². The maximum atomic E-state index is 4.38. The summed E-state index contributed by atoms with van der Waals surface area (Å²) >= 11 is 0. The van der Waals surface area contributed by atoms with Crippen molar-refractivity contribution in [3.63, 3.8) is 0 Å². The van der Waals surface area contributed by atoms with Crippen LogP contribution < -0.4 is 0 Å². The summed E-state index contributed by atoms with van der Waals surface area (Å²) in [6.07, 6.45) is 1.07. The molecule has 2 aromatic rings. The second-order valence-corrected chi connectivity index (χ2v) is 5.57. The predicted octanol–water partition coefficient (Wildman–Crippen LogP) is 2.88. The molecule has 1 aromatic carbocycles. The molecular formula is C16H21N3. The van der Waals surface area contributed by atoms with Gasteiger partial charge in [0, 0.05) is 37.3 Å². The fraction of sp³-hybridized carbons (Fsp3) is 0.438. The first-order chi connectivity index (χ1) is 9.24. The fourth-order valence-corrected chi connectivity index (χ4v) is 2.92. The van der Waals surface area contributed by atoms with Crippen LogP contribution in [0, 0.1) is 6.92 Å². The van der Waals surface area contributed by atoms with Crippen LogP contribution in [0.3, 0.4) is 0 Å². The van der Waals surface area contributed by atoms with Gasteiger partial charge in [0.15, 0.2) is 0 Å². The van der Waals surface area contributed by atoms with Crippen LogP contribution in [0.1, 0.15) is 35.4 Å². The number of fused-ring (bicyclic) bond motifs is 1. The van der Waals surface area contributed by atoms with E-state index in [2.05, 4.69) is 59.3 Å². The first kappa shape index (κ1) is 12.4. The van der Waals surface area contributed by atoms with Gasteiger partial charge >= 0.3 is 0 Å². The minimum Gasteiger partial charge on any atom is -0.298 e. The quantitative estimate of drug-likeness (QED) is 0.914.